The maximum absolute atomic E-state index is 13.7. The first-order chi connectivity index (χ1) is 12.0. The van der Waals surface area contributed by atoms with Gasteiger partial charge >= 0.3 is 0 Å². The van der Waals surface area contributed by atoms with Crippen LogP contribution in [0.25, 0.3) is 0 Å². The summed E-state index contributed by atoms with van der Waals surface area (Å²) in [5.41, 5.74) is 0.904. The molecule has 1 aromatic heterocycles. The largest absolute Gasteiger partial charge is 0.264 e. The maximum Gasteiger partial charge on any atom is 0.264 e. The molecule has 0 amide bonds. The molecule has 4 nitrogen and oxygen atoms in total. The van der Waals surface area contributed by atoms with Crippen LogP contribution >= 0.6 is 11.6 Å². The number of hydrogen-bond acceptors (Lipinski definition) is 3. The van der Waals surface area contributed by atoms with E-state index in [2.05, 4.69) is 4.98 Å². The Morgan fingerprint density at radius 1 is 1.04 bits per heavy atom. The Labute approximate surface area is 150 Å². The smallest absolute Gasteiger partial charge is 0.264 e. The third-order valence-corrected chi connectivity index (χ3v) is 5.53. The first-order valence-corrected chi connectivity index (χ1v) is 9.21. The van der Waals surface area contributed by atoms with Crippen molar-refractivity contribution in [1.82, 2.24) is 4.98 Å². The fourth-order valence-electron chi connectivity index (χ4n) is 2.36. The van der Waals surface area contributed by atoms with Gasteiger partial charge in [0, 0.05) is 17.4 Å². The summed E-state index contributed by atoms with van der Waals surface area (Å²) >= 11 is 5.93. The zero-order valence-corrected chi connectivity index (χ0v) is 14.6. The number of hydrogen-bond donors (Lipinski definition) is 0. The average Bonchev–Trinajstić information content (AvgIpc) is 2.60. The average molecular weight is 377 g/mol. The molecule has 25 heavy (non-hydrogen) atoms. The first-order valence-electron chi connectivity index (χ1n) is 7.39. The van der Waals surface area contributed by atoms with Crippen molar-refractivity contribution in [3.8, 4) is 0 Å². The number of benzene rings is 2. The molecule has 0 radical (unpaired) electrons. The second kappa shape index (κ2) is 7.21. The van der Waals surface area contributed by atoms with Gasteiger partial charge in [-0.05, 0) is 48.0 Å². The fourth-order valence-corrected chi connectivity index (χ4v) is 4.10. The molecule has 0 aliphatic carbocycles. The van der Waals surface area contributed by atoms with Gasteiger partial charge in [-0.15, -0.1) is 0 Å². The Bertz CT molecular complexity index is 981. The van der Waals surface area contributed by atoms with E-state index < -0.39 is 15.8 Å². The van der Waals surface area contributed by atoms with Gasteiger partial charge in [0.1, 0.15) is 5.82 Å². The number of aromatic nitrogens is 1. The molecule has 2 aromatic carbocycles. The predicted molar refractivity (Wildman–Crippen MR) is 95.5 cm³/mol. The van der Waals surface area contributed by atoms with E-state index in [9.17, 15) is 12.8 Å². The van der Waals surface area contributed by atoms with Crippen molar-refractivity contribution >= 4 is 27.3 Å². The Balaban J connectivity index is 2.10. The van der Waals surface area contributed by atoms with E-state index in [1.165, 1.54) is 30.3 Å². The Morgan fingerprint density at radius 2 is 1.84 bits per heavy atom. The molecule has 0 unspecified atom stereocenters. The lowest BCUT2D eigenvalue weighted by Crippen LogP contribution is -2.30. The summed E-state index contributed by atoms with van der Waals surface area (Å²) in [6.45, 7) is 0.0200. The van der Waals surface area contributed by atoms with Gasteiger partial charge in [-0.3, -0.25) is 9.29 Å². The fraction of sp³-hybridized carbons (Fsp3) is 0.0556. The Morgan fingerprint density at radius 3 is 2.52 bits per heavy atom. The van der Waals surface area contributed by atoms with Crippen molar-refractivity contribution < 1.29 is 12.8 Å². The molecule has 0 aliphatic heterocycles. The lowest BCUT2D eigenvalue weighted by Gasteiger charge is -2.24. The van der Waals surface area contributed by atoms with E-state index in [0.717, 1.165) is 4.31 Å². The SMILES string of the molecule is O=S(=O)(c1cccc(Cl)c1)N(Cc1cccnc1)c1cccc(F)c1. The molecule has 3 aromatic rings. The molecule has 0 spiro atoms. The van der Waals surface area contributed by atoms with Gasteiger partial charge in [0.05, 0.1) is 17.1 Å². The summed E-state index contributed by atoms with van der Waals surface area (Å²) in [6, 6.07) is 14.9. The number of pyridine rings is 1. The summed E-state index contributed by atoms with van der Waals surface area (Å²) in [5.74, 6) is -0.519. The monoisotopic (exact) mass is 376 g/mol. The zero-order valence-electron chi connectivity index (χ0n) is 13.0. The third kappa shape index (κ3) is 3.97. The first kappa shape index (κ1) is 17.4. The van der Waals surface area contributed by atoms with Crippen LogP contribution < -0.4 is 4.31 Å². The van der Waals surface area contributed by atoms with Crippen molar-refractivity contribution in [2.75, 3.05) is 4.31 Å². The molecular weight excluding hydrogens is 363 g/mol. The van der Waals surface area contributed by atoms with Gasteiger partial charge in [0.25, 0.3) is 10.0 Å². The van der Waals surface area contributed by atoms with Gasteiger partial charge in [0.2, 0.25) is 0 Å². The predicted octanol–water partition coefficient (Wildman–Crippen LogP) is 4.27. The summed E-state index contributed by atoms with van der Waals surface area (Å²) in [7, 11) is -3.94. The minimum Gasteiger partial charge on any atom is -0.264 e. The quantitative estimate of drug-likeness (QED) is 0.668. The van der Waals surface area contributed by atoms with E-state index in [1.807, 2.05) is 0 Å². The number of nitrogens with zero attached hydrogens (tertiary/aromatic N) is 2. The van der Waals surface area contributed by atoms with Gasteiger partial charge in [-0.1, -0.05) is 29.8 Å². The molecule has 0 N–H and O–H groups in total. The van der Waals surface area contributed by atoms with Crippen LogP contribution in [-0.4, -0.2) is 13.4 Å². The number of sulfonamides is 1. The molecule has 7 heteroatoms. The summed E-state index contributed by atoms with van der Waals surface area (Å²) in [5, 5.41) is 0.307. The summed E-state index contributed by atoms with van der Waals surface area (Å²) in [4.78, 5) is 4.04. The summed E-state index contributed by atoms with van der Waals surface area (Å²) < 4.78 is 41.1. The highest BCUT2D eigenvalue weighted by atomic mass is 35.5. The number of rotatable bonds is 5. The van der Waals surface area contributed by atoms with Crippen LogP contribution in [0.4, 0.5) is 10.1 Å². The minimum atomic E-state index is -3.94. The molecular formula is C18H14ClFN2O2S. The van der Waals surface area contributed by atoms with Crippen molar-refractivity contribution in [3.63, 3.8) is 0 Å². The molecule has 0 saturated heterocycles. The van der Waals surface area contributed by atoms with E-state index in [-0.39, 0.29) is 17.1 Å². The summed E-state index contributed by atoms with van der Waals surface area (Å²) in [6.07, 6.45) is 3.17. The zero-order chi connectivity index (χ0) is 17.9. The highest BCUT2D eigenvalue weighted by Gasteiger charge is 2.26. The van der Waals surface area contributed by atoms with Crippen LogP contribution in [0.5, 0.6) is 0 Å². The minimum absolute atomic E-state index is 0.0200. The molecule has 0 saturated carbocycles. The number of halogens is 2. The van der Waals surface area contributed by atoms with E-state index in [0.29, 0.717) is 10.6 Å². The van der Waals surface area contributed by atoms with E-state index >= 15 is 0 Å². The van der Waals surface area contributed by atoms with Crippen molar-refractivity contribution in [3.05, 3.63) is 89.5 Å². The van der Waals surface area contributed by atoms with Crippen molar-refractivity contribution in [1.29, 1.82) is 0 Å². The highest BCUT2D eigenvalue weighted by Crippen LogP contribution is 2.27. The van der Waals surface area contributed by atoms with Gasteiger partial charge in [-0.25, -0.2) is 12.8 Å². The van der Waals surface area contributed by atoms with E-state index in [4.69, 9.17) is 11.6 Å². The molecule has 0 fully saturated rings. The molecule has 0 aliphatic rings. The second-order valence-corrected chi connectivity index (χ2v) is 7.61. The Hall–Kier alpha value is -2.44. The third-order valence-electron chi connectivity index (χ3n) is 3.53. The van der Waals surface area contributed by atoms with Crippen molar-refractivity contribution in [2.45, 2.75) is 11.4 Å². The van der Waals surface area contributed by atoms with Crippen molar-refractivity contribution in [2.24, 2.45) is 0 Å². The van der Waals surface area contributed by atoms with Crippen LogP contribution in [0.1, 0.15) is 5.56 Å². The second-order valence-electron chi connectivity index (χ2n) is 5.31. The Kier molecular flexibility index (Phi) is 5.01. The normalized spacial score (nSPS) is 11.3. The molecule has 1 heterocycles. The molecule has 0 bridgehead atoms. The number of anilines is 1. The topological polar surface area (TPSA) is 50.3 Å². The van der Waals surface area contributed by atoms with Gasteiger partial charge in [-0.2, -0.15) is 0 Å². The molecule has 3 rings (SSSR count). The van der Waals surface area contributed by atoms with Crippen LogP contribution in [0.15, 0.2) is 78.0 Å². The molecule has 128 valence electrons. The lowest BCUT2D eigenvalue weighted by molar-refractivity contribution is 0.590. The van der Waals surface area contributed by atoms with Gasteiger partial charge in [0.15, 0.2) is 0 Å². The maximum atomic E-state index is 13.7. The van der Waals surface area contributed by atoms with Gasteiger partial charge < -0.3 is 0 Å². The van der Waals surface area contributed by atoms with Crippen LogP contribution in [0.2, 0.25) is 5.02 Å². The van der Waals surface area contributed by atoms with Crippen LogP contribution in [0, 0.1) is 5.82 Å². The van der Waals surface area contributed by atoms with Crippen LogP contribution in [-0.2, 0) is 16.6 Å². The molecule has 0 atom stereocenters. The highest BCUT2D eigenvalue weighted by molar-refractivity contribution is 7.92. The van der Waals surface area contributed by atoms with E-state index in [1.54, 1.807) is 42.7 Å². The van der Waals surface area contributed by atoms with Crippen LogP contribution in [0.3, 0.4) is 0 Å². The standard InChI is InChI=1S/C18H14ClFN2O2S/c19-15-5-1-8-18(10-15)25(23,24)22(13-14-4-3-9-21-12-14)17-7-2-6-16(20)11-17/h1-12H,13H2. The lowest BCUT2D eigenvalue weighted by atomic mass is 10.2.